The second-order valence-corrected chi connectivity index (χ2v) is 5.92. The maximum absolute atomic E-state index is 12.5. The minimum Gasteiger partial charge on any atom is -0.478 e. The molecular formula is C17H16N2O5. The van der Waals surface area contributed by atoms with E-state index < -0.39 is 16.8 Å². The predicted molar refractivity (Wildman–Crippen MR) is 85.2 cm³/mol. The van der Waals surface area contributed by atoms with E-state index >= 15 is 0 Å². The molecule has 1 aliphatic heterocycles. The van der Waals surface area contributed by atoms with Gasteiger partial charge in [0.1, 0.15) is 0 Å². The Morgan fingerprint density at radius 3 is 2.79 bits per heavy atom. The number of hydrogen-bond acceptors (Lipinski definition) is 5. The number of Topliss-reactive ketones (excluding diaryl/α,β-unsaturated/α-hetero) is 1. The molecule has 0 bridgehead atoms. The lowest BCUT2D eigenvalue weighted by Crippen LogP contribution is -2.32. The zero-order valence-electron chi connectivity index (χ0n) is 13.1. The predicted octanol–water partition coefficient (Wildman–Crippen LogP) is 2.60. The number of non-ortho nitro benzene ring substituents is 1. The molecule has 1 aliphatic carbocycles. The number of aliphatic carboxylic acids is 1. The maximum Gasteiger partial charge on any atom is 0.334 e. The van der Waals surface area contributed by atoms with Crippen LogP contribution in [0.25, 0.3) is 0 Å². The quantitative estimate of drug-likeness (QED) is 0.676. The van der Waals surface area contributed by atoms with Crippen LogP contribution in [0.2, 0.25) is 0 Å². The number of nitro benzene ring substituents is 1. The number of benzene rings is 1. The van der Waals surface area contributed by atoms with Crippen molar-refractivity contribution in [3.63, 3.8) is 0 Å². The molecule has 1 N–H and O–H groups in total. The number of carboxylic acids is 1. The lowest BCUT2D eigenvalue weighted by atomic mass is 9.76. The highest BCUT2D eigenvalue weighted by atomic mass is 16.6. The first-order chi connectivity index (χ1) is 11.4. The molecule has 124 valence electrons. The third-order valence-electron chi connectivity index (χ3n) is 4.45. The number of allylic oxidation sites excluding steroid dienone is 2. The molecule has 2 aliphatic rings. The molecule has 1 unspecified atom stereocenters. The van der Waals surface area contributed by atoms with Gasteiger partial charge in [-0.05, 0) is 18.4 Å². The van der Waals surface area contributed by atoms with Gasteiger partial charge < -0.3 is 10.0 Å². The molecular weight excluding hydrogens is 312 g/mol. The summed E-state index contributed by atoms with van der Waals surface area (Å²) in [5.41, 5.74) is 1.62. The summed E-state index contributed by atoms with van der Waals surface area (Å²) in [6.45, 7) is 0. The summed E-state index contributed by atoms with van der Waals surface area (Å²) in [7, 11) is 1.72. The van der Waals surface area contributed by atoms with Gasteiger partial charge in [0.05, 0.1) is 10.5 Å². The monoisotopic (exact) mass is 328 g/mol. The van der Waals surface area contributed by atoms with Crippen molar-refractivity contribution in [3.8, 4) is 0 Å². The Labute approximate surface area is 138 Å². The van der Waals surface area contributed by atoms with Crippen LogP contribution in [-0.4, -0.2) is 33.7 Å². The number of nitro groups is 1. The van der Waals surface area contributed by atoms with Crippen LogP contribution in [0.4, 0.5) is 5.69 Å². The first-order valence-corrected chi connectivity index (χ1v) is 7.58. The Morgan fingerprint density at radius 1 is 1.38 bits per heavy atom. The van der Waals surface area contributed by atoms with E-state index in [0.29, 0.717) is 24.0 Å². The van der Waals surface area contributed by atoms with Crippen molar-refractivity contribution in [1.29, 1.82) is 0 Å². The lowest BCUT2D eigenvalue weighted by Gasteiger charge is -2.35. The Bertz CT molecular complexity index is 809. The molecule has 0 spiro atoms. The second-order valence-electron chi connectivity index (χ2n) is 5.92. The van der Waals surface area contributed by atoms with Crippen LogP contribution in [0, 0.1) is 10.1 Å². The van der Waals surface area contributed by atoms with Gasteiger partial charge in [-0.3, -0.25) is 14.9 Å². The molecule has 7 nitrogen and oxygen atoms in total. The highest BCUT2D eigenvalue weighted by Crippen LogP contribution is 2.43. The van der Waals surface area contributed by atoms with Crippen molar-refractivity contribution in [2.75, 3.05) is 7.05 Å². The Kier molecular flexibility index (Phi) is 3.92. The van der Waals surface area contributed by atoms with Gasteiger partial charge in [0, 0.05) is 49.0 Å². The van der Waals surface area contributed by atoms with Crippen molar-refractivity contribution in [1.82, 2.24) is 4.90 Å². The number of carbonyl (C=O) groups is 2. The van der Waals surface area contributed by atoms with Gasteiger partial charge in [0.15, 0.2) is 5.78 Å². The number of rotatable bonds is 3. The van der Waals surface area contributed by atoms with E-state index in [4.69, 9.17) is 0 Å². The van der Waals surface area contributed by atoms with Gasteiger partial charge in [-0.25, -0.2) is 4.79 Å². The Balaban J connectivity index is 2.20. The van der Waals surface area contributed by atoms with Crippen LogP contribution in [0.15, 0.2) is 47.3 Å². The van der Waals surface area contributed by atoms with Crippen LogP contribution in [0.3, 0.4) is 0 Å². The molecule has 7 heteroatoms. The maximum atomic E-state index is 12.5. The minimum absolute atomic E-state index is 0.0481. The Hall–Kier alpha value is -2.96. The number of carboxylic acid groups (broad SMARTS) is 1. The molecule has 0 saturated heterocycles. The summed E-state index contributed by atoms with van der Waals surface area (Å²) < 4.78 is 0. The standard InChI is InChI=1S/C17H16N2O5/c1-18-9-12(17(21)22)15(16-13(18)6-3-7-14(16)20)10-4-2-5-11(8-10)19(23)24/h2,4-5,8-9,15H,3,6-7H2,1H3,(H,21,22). The fourth-order valence-electron chi connectivity index (χ4n) is 3.40. The lowest BCUT2D eigenvalue weighted by molar-refractivity contribution is -0.384. The van der Waals surface area contributed by atoms with Crippen molar-refractivity contribution in [2.24, 2.45) is 0 Å². The molecule has 0 radical (unpaired) electrons. The van der Waals surface area contributed by atoms with Crippen molar-refractivity contribution in [3.05, 3.63) is 63.0 Å². The van der Waals surface area contributed by atoms with Gasteiger partial charge in [-0.1, -0.05) is 12.1 Å². The zero-order valence-corrected chi connectivity index (χ0v) is 13.1. The second kappa shape index (κ2) is 5.92. The van der Waals surface area contributed by atoms with Crippen molar-refractivity contribution < 1.29 is 19.6 Å². The molecule has 1 aromatic carbocycles. The number of nitrogens with zero attached hydrogens (tertiary/aromatic N) is 2. The summed E-state index contributed by atoms with van der Waals surface area (Å²) in [5, 5.41) is 20.6. The van der Waals surface area contributed by atoms with Gasteiger partial charge in [0.2, 0.25) is 0 Å². The summed E-state index contributed by atoms with van der Waals surface area (Å²) in [4.78, 5) is 36.4. The third-order valence-corrected chi connectivity index (χ3v) is 4.45. The van der Waals surface area contributed by atoms with Crippen LogP contribution in [-0.2, 0) is 9.59 Å². The van der Waals surface area contributed by atoms with Crippen molar-refractivity contribution in [2.45, 2.75) is 25.2 Å². The fourth-order valence-corrected chi connectivity index (χ4v) is 3.40. The highest BCUT2D eigenvalue weighted by Gasteiger charge is 2.38. The van der Waals surface area contributed by atoms with E-state index in [2.05, 4.69) is 0 Å². The van der Waals surface area contributed by atoms with E-state index in [0.717, 1.165) is 12.1 Å². The first-order valence-electron chi connectivity index (χ1n) is 7.58. The number of hydrogen-bond donors (Lipinski definition) is 1. The average Bonchev–Trinajstić information content (AvgIpc) is 2.55. The minimum atomic E-state index is -1.14. The molecule has 3 rings (SSSR count). The fraction of sp³-hybridized carbons (Fsp3) is 0.294. The van der Waals surface area contributed by atoms with Gasteiger partial charge in [0.25, 0.3) is 5.69 Å². The molecule has 24 heavy (non-hydrogen) atoms. The summed E-state index contributed by atoms with van der Waals surface area (Å²) >= 11 is 0. The van der Waals surface area contributed by atoms with E-state index in [1.54, 1.807) is 18.0 Å². The summed E-state index contributed by atoms with van der Waals surface area (Å²) in [5.74, 6) is -2.00. The van der Waals surface area contributed by atoms with E-state index in [1.807, 2.05) is 0 Å². The Morgan fingerprint density at radius 2 is 2.12 bits per heavy atom. The zero-order chi connectivity index (χ0) is 17.4. The largest absolute Gasteiger partial charge is 0.478 e. The number of ketones is 1. The van der Waals surface area contributed by atoms with Gasteiger partial charge >= 0.3 is 5.97 Å². The van der Waals surface area contributed by atoms with E-state index in [9.17, 15) is 24.8 Å². The van der Waals surface area contributed by atoms with E-state index in [1.165, 1.54) is 24.4 Å². The molecule has 0 saturated carbocycles. The topological polar surface area (TPSA) is 101 Å². The summed E-state index contributed by atoms with van der Waals surface area (Å²) in [6.07, 6.45) is 3.28. The average molecular weight is 328 g/mol. The van der Waals surface area contributed by atoms with Crippen LogP contribution in [0.1, 0.15) is 30.7 Å². The highest BCUT2D eigenvalue weighted by molar-refractivity contribution is 6.03. The molecule has 0 amide bonds. The van der Waals surface area contributed by atoms with Crippen LogP contribution >= 0.6 is 0 Å². The van der Waals surface area contributed by atoms with Crippen LogP contribution in [0.5, 0.6) is 0 Å². The molecule has 0 aromatic heterocycles. The molecule has 1 aromatic rings. The van der Waals surface area contributed by atoms with E-state index in [-0.39, 0.29) is 17.0 Å². The normalized spacial score (nSPS) is 20.5. The SMILES string of the molecule is CN1C=C(C(=O)O)C(c2cccc([N+](=O)[O-])c2)C2=C1CCCC2=O. The number of carbonyl (C=O) groups excluding carboxylic acids is 1. The van der Waals surface area contributed by atoms with Crippen LogP contribution < -0.4 is 0 Å². The first kappa shape index (κ1) is 15.9. The van der Waals surface area contributed by atoms with Gasteiger partial charge in [-0.2, -0.15) is 0 Å². The smallest absolute Gasteiger partial charge is 0.334 e. The summed E-state index contributed by atoms with van der Waals surface area (Å²) in [6, 6.07) is 5.84. The van der Waals surface area contributed by atoms with Crippen molar-refractivity contribution >= 4 is 17.4 Å². The third kappa shape index (κ3) is 2.58. The molecule has 0 fully saturated rings. The van der Waals surface area contributed by atoms with Gasteiger partial charge in [-0.15, -0.1) is 0 Å². The molecule has 1 heterocycles. The molecule has 1 atom stereocenters.